The molecule has 1 N–H and O–H groups in total. The highest BCUT2D eigenvalue weighted by Crippen LogP contribution is 1.99. The molecule has 0 aromatic carbocycles. The highest BCUT2D eigenvalue weighted by Gasteiger charge is 2.07. The molecule has 0 aliphatic rings. The third kappa shape index (κ3) is 2.69. The summed E-state index contributed by atoms with van der Waals surface area (Å²) in [4.78, 5) is 20.1. The number of amides is 1. The van der Waals surface area contributed by atoms with E-state index in [0.29, 0.717) is 12.2 Å². The van der Waals surface area contributed by atoms with E-state index in [-0.39, 0.29) is 5.91 Å². The van der Waals surface area contributed by atoms with Crippen LogP contribution in [0, 0.1) is 6.92 Å². The van der Waals surface area contributed by atoms with Gasteiger partial charge in [-0.15, -0.1) is 0 Å². The maximum atomic E-state index is 11.8. The van der Waals surface area contributed by atoms with E-state index in [9.17, 15) is 4.79 Å². The van der Waals surface area contributed by atoms with E-state index in [2.05, 4.69) is 15.3 Å². The topological polar surface area (TPSA) is 59.8 Å². The number of aryl methyl sites for hydroxylation is 2. The number of hydrogen-bond acceptors (Lipinski definition) is 3. The van der Waals surface area contributed by atoms with E-state index in [1.165, 1.54) is 0 Å². The van der Waals surface area contributed by atoms with Gasteiger partial charge in [-0.1, -0.05) is 6.07 Å². The number of rotatable bonds is 3. The number of carbonyl (C=O) groups excluding carboxylic acids is 1. The molecule has 88 valence electrons. The van der Waals surface area contributed by atoms with Gasteiger partial charge in [-0.05, 0) is 19.1 Å². The van der Waals surface area contributed by atoms with Crippen molar-refractivity contribution in [1.29, 1.82) is 0 Å². The minimum Gasteiger partial charge on any atom is -0.343 e. The molecule has 5 heteroatoms. The third-order valence-electron chi connectivity index (χ3n) is 2.45. The molecular formula is C12H14N4O. The van der Waals surface area contributed by atoms with Crippen LogP contribution in [0.15, 0.2) is 30.6 Å². The van der Waals surface area contributed by atoms with Crippen LogP contribution in [0.4, 0.5) is 0 Å². The Bertz CT molecular complexity index is 533. The number of nitrogens with zero attached hydrogens (tertiary/aromatic N) is 3. The molecule has 2 rings (SSSR count). The van der Waals surface area contributed by atoms with Crippen molar-refractivity contribution in [3.05, 3.63) is 47.8 Å². The van der Waals surface area contributed by atoms with Crippen LogP contribution in [-0.2, 0) is 13.6 Å². The number of imidazole rings is 1. The first kappa shape index (κ1) is 11.3. The lowest BCUT2D eigenvalue weighted by Gasteiger charge is -2.05. The Hall–Kier alpha value is -2.17. The van der Waals surface area contributed by atoms with Crippen molar-refractivity contribution in [2.45, 2.75) is 13.5 Å². The molecule has 1 amide bonds. The second kappa shape index (κ2) is 4.78. The van der Waals surface area contributed by atoms with Gasteiger partial charge in [0.1, 0.15) is 11.5 Å². The van der Waals surface area contributed by atoms with Crippen LogP contribution >= 0.6 is 0 Å². The predicted molar refractivity (Wildman–Crippen MR) is 63.4 cm³/mol. The first-order valence-electron chi connectivity index (χ1n) is 5.35. The van der Waals surface area contributed by atoms with Crippen LogP contribution in [0.1, 0.15) is 22.0 Å². The van der Waals surface area contributed by atoms with Crippen molar-refractivity contribution in [1.82, 2.24) is 19.9 Å². The van der Waals surface area contributed by atoms with Gasteiger partial charge in [-0.3, -0.25) is 4.79 Å². The Morgan fingerprint density at radius 1 is 1.47 bits per heavy atom. The van der Waals surface area contributed by atoms with Gasteiger partial charge in [0.25, 0.3) is 5.91 Å². The van der Waals surface area contributed by atoms with Crippen LogP contribution in [0.25, 0.3) is 0 Å². The highest BCUT2D eigenvalue weighted by molar-refractivity contribution is 5.92. The van der Waals surface area contributed by atoms with Crippen LogP contribution in [0.2, 0.25) is 0 Å². The van der Waals surface area contributed by atoms with Gasteiger partial charge in [0.15, 0.2) is 0 Å². The Morgan fingerprint density at radius 2 is 2.29 bits per heavy atom. The van der Waals surface area contributed by atoms with Crippen molar-refractivity contribution in [3.8, 4) is 0 Å². The monoisotopic (exact) mass is 230 g/mol. The number of aromatic nitrogens is 3. The summed E-state index contributed by atoms with van der Waals surface area (Å²) in [6, 6.07) is 5.37. The Kier molecular flexibility index (Phi) is 3.18. The number of pyridine rings is 1. The molecule has 0 unspecified atom stereocenters. The average molecular weight is 230 g/mol. The molecule has 0 aliphatic carbocycles. The zero-order chi connectivity index (χ0) is 12.3. The van der Waals surface area contributed by atoms with E-state index in [1.54, 1.807) is 12.3 Å². The van der Waals surface area contributed by atoms with E-state index >= 15 is 0 Å². The van der Waals surface area contributed by atoms with Gasteiger partial charge < -0.3 is 9.88 Å². The summed E-state index contributed by atoms with van der Waals surface area (Å²) in [6.45, 7) is 2.26. The predicted octanol–water partition coefficient (Wildman–Crippen LogP) is 1.05. The summed E-state index contributed by atoms with van der Waals surface area (Å²) in [5.41, 5.74) is 1.26. The van der Waals surface area contributed by atoms with Gasteiger partial charge in [0.05, 0.1) is 6.54 Å². The fourth-order valence-electron chi connectivity index (χ4n) is 1.49. The molecule has 0 radical (unpaired) electrons. The first-order chi connectivity index (χ1) is 8.16. The SMILES string of the molecule is Cc1cccc(C(=O)NCc2nccn2C)n1. The molecular weight excluding hydrogens is 216 g/mol. The van der Waals surface area contributed by atoms with Crippen LogP contribution in [0.5, 0.6) is 0 Å². The molecule has 5 nitrogen and oxygen atoms in total. The van der Waals surface area contributed by atoms with E-state index in [1.807, 2.05) is 36.9 Å². The molecule has 0 saturated carbocycles. The van der Waals surface area contributed by atoms with Crippen LogP contribution in [0.3, 0.4) is 0 Å². The zero-order valence-electron chi connectivity index (χ0n) is 9.84. The number of hydrogen-bond donors (Lipinski definition) is 1. The standard InChI is InChI=1S/C12H14N4O/c1-9-4-3-5-10(15-9)12(17)14-8-11-13-6-7-16(11)2/h3-7H,8H2,1-2H3,(H,14,17). The van der Waals surface area contributed by atoms with E-state index < -0.39 is 0 Å². The lowest BCUT2D eigenvalue weighted by molar-refractivity contribution is 0.0944. The summed E-state index contributed by atoms with van der Waals surface area (Å²) in [5.74, 6) is 0.628. The van der Waals surface area contributed by atoms with Crippen LogP contribution < -0.4 is 5.32 Å². The smallest absolute Gasteiger partial charge is 0.270 e. The van der Waals surface area contributed by atoms with Crippen LogP contribution in [-0.4, -0.2) is 20.4 Å². The first-order valence-corrected chi connectivity index (χ1v) is 5.35. The lowest BCUT2D eigenvalue weighted by atomic mass is 10.3. The van der Waals surface area contributed by atoms with E-state index in [4.69, 9.17) is 0 Å². The van der Waals surface area contributed by atoms with Gasteiger partial charge in [-0.2, -0.15) is 0 Å². The summed E-state index contributed by atoms with van der Waals surface area (Å²) in [6.07, 6.45) is 3.54. The molecule has 0 saturated heterocycles. The van der Waals surface area contributed by atoms with Gasteiger partial charge in [0.2, 0.25) is 0 Å². The van der Waals surface area contributed by atoms with Crippen molar-refractivity contribution < 1.29 is 4.79 Å². The molecule has 2 heterocycles. The number of nitrogens with one attached hydrogen (secondary N) is 1. The molecule has 0 fully saturated rings. The zero-order valence-corrected chi connectivity index (χ0v) is 9.84. The summed E-state index contributed by atoms with van der Waals surface area (Å²) in [7, 11) is 1.89. The van der Waals surface area contributed by atoms with Crippen molar-refractivity contribution in [2.75, 3.05) is 0 Å². The summed E-state index contributed by atoms with van der Waals surface area (Å²) in [5, 5.41) is 2.78. The van der Waals surface area contributed by atoms with Gasteiger partial charge in [-0.25, -0.2) is 9.97 Å². The second-order valence-corrected chi connectivity index (χ2v) is 3.80. The molecule has 0 aliphatic heterocycles. The van der Waals surface area contributed by atoms with E-state index in [0.717, 1.165) is 11.5 Å². The highest BCUT2D eigenvalue weighted by atomic mass is 16.1. The molecule has 0 atom stereocenters. The fourth-order valence-corrected chi connectivity index (χ4v) is 1.49. The molecule has 17 heavy (non-hydrogen) atoms. The maximum Gasteiger partial charge on any atom is 0.270 e. The lowest BCUT2D eigenvalue weighted by Crippen LogP contribution is -2.25. The normalized spacial score (nSPS) is 10.2. The van der Waals surface area contributed by atoms with Crippen molar-refractivity contribution in [3.63, 3.8) is 0 Å². The third-order valence-corrected chi connectivity index (χ3v) is 2.45. The van der Waals surface area contributed by atoms with Gasteiger partial charge >= 0.3 is 0 Å². The largest absolute Gasteiger partial charge is 0.343 e. The molecule has 2 aromatic rings. The summed E-state index contributed by atoms with van der Waals surface area (Å²) >= 11 is 0. The summed E-state index contributed by atoms with van der Waals surface area (Å²) < 4.78 is 1.87. The minimum absolute atomic E-state index is 0.184. The minimum atomic E-state index is -0.184. The quantitative estimate of drug-likeness (QED) is 0.857. The Balaban J connectivity index is 2.01. The maximum absolute atomic E-state index is 11.8. The Morgan fingerprint density at radius 3 is 2.94 bits per heavy atom. The average Bonchev–Trinajstić information content (AvgIpc) is 2.72. The van der Waals surface area contributed by atoms with Crippen molar-refractivity contribution in [2.24, 2.45) is 7.05 Å². The fraction of sp³-hybridized carbons (Fsp3) is 0.250. The molecule has 2 aromatic heterocycles. The molecule has 0 spiro atoms. The molecule has 0 bridgehead atoms. The Labute approximate surface area is 99.5 Å². The van der Waals surface area contributed by atoms with Gasteiger partial charge in [0, 0.05) is 25.1 Å². The second-order valence-electron chi connectivity index (χ2n) is 3.80. The van der Waals surface area contributed by atoms with Crippen molar-refractivity contribution >= 4 is 5.91 Å². The number of carbonyl (C=O) groups is 1.